The van der Waals surface area contributed by atoms with E-state index in [0.717, 1.165) is 18.0 Å². The van der Waals surface area contributed by atoms with Crippen molar-refractivity contribution in [1.29, 1.82) is 0 Å². The molecule has 0 atom stereocenters. The summed E-state index contributed by atoms with van der Waals surface area (Å²) in [6.07, 6.45) is 13.1. The quantitative estimate of drug-likeness (QED) is 0.424. The Kier molecular flexibility index (Phi) is 19.9. The van der Waals surface area contributed by atoms with Crippen molar-refractivity contribution in [3.63, 3.8) is 0 Å². The molecule has 0 unspecified atom stereocenters. The number of hydrogen-bond donors (Lipinski definition) is 0. The Hall–Kier alpha value is 1.76. The van der Waals surface area contributed by atoms with Gasteiger partial charge in [0.25, 0.3) is 0 Å². The second kappa shape index (κ2) is 14.2. The fourth-order valence-corrected chi connectivity index (χ4v) is 1.97. The van der Waals surface area contributed by atoms with Crippen molar-refractivity contribution in [2.45, 2.75) is 38.5 Å². The third-order valence-corrected chi connectivity index (χ3v) is 2.67. The van der Waals surface area contributed by atoms with E-state index in [9.17, 15) is 0 Å². The Balaban J connectivity index is -0.000000490. The minimum Gasteiger partial charge on any atom is -0.470 e. The molecule has 2 rings (SSSR count). The Labute approximate surface area is 160 Å². The first-order valence-corrected chi connectivity index (χ1v) is 4.92. The van der Waals surface area contributed by atoms with E-state index in [0.29, 0.717) is 0 Å². The van der Waals surface area contributed by atoms with Crippen LogP contribution in [0.3, 0.4) is 0 Å². The van der Waals surface area contributed by atoms with Crippen molar-refractivity contribution in [3.8, 4) is 0 Å². The number of aromatic nitrogens is 3. The second-order valence-electron chi connectivity index (χ2n) is 3.68. The third-order valence-electron chi connectivity index (χ3n) is 2.67. The van der Waals surface area contributed by atoms with Crippen LogP contribution in [0.15, 0.2) is 0 Å². The topological polar surface area (TPSA) is 38.7 Å². The molecule has 3 nitrogen and oxygen atoms in total. The van der Waals surface area contributed by atoms with Gasteiger partial charge < -0.3 is 16.3 Å². The maximum atomic E-state index is 4.02. The molecule has 1 fully saturated rings. The smallest absolute Gasteiger partial charge is 0 e. The largest absolute Gasteiger partial charge is 0.470 e. The Morgan fingerprint density at radius 1 is 0.941 bits per heavy atom. The number of nitrogens with zero attached hydrogens (tertiary/aromatic N) is 3. The maximum absolute atomic E-state index is 4.02. The molecule has 7 heteroatoms. The molecule has 17 heavy (non-hydrogen) atoms. The fourth-order valence-electron chi connectivity index (χ4n) is 1.97. The van der Waals surface area contributed by atoms with E-state index >= 15 is 0 Å². The van der Waals surface area contributed by atoms with Crippen LogP contribution in [-0.4, -0.2) is 15.2 Å². The van der Waals surface area contributed by atoms with Crippen LogP contribution in [0.25, 0.3) is 0 Å². The van der Waals surface area contributed by atoms with E-state index in [1.165, 1.54) is 32.1 Å². The van der Waals surface area contributed by atoms with Crippen LogP contribution in [-0.2, 0) is 90.7 Å². The van der Waals surface area contributed by atoms with E-state index < -0.39 is 0 Å². The summed E-state index contributed by atoms with van der Waals surface area (Å²) < 4.78 is 0. The van der Waals surface area contributed by atoms with E-state index in [1.54, 1.807) is 0 Å². The van der Waals surface area contributed by atoms with Crippen molar-refractivity contribution >= 4 is 0 Å². The molecule has 0 radical (unpaired) electrons. The van der Waals surface area contributed by atoms with Gasteiger partial charge in [0.15, 0.2) is 0 Å². The summed E-state index contributed by atoms with van der Waals surface area (Å²) in [6.45, 7) is 0. The summed E-state index contributed by atoms with van der Waals surface area (Å²) >= 11 is 0. The summed E-state index contributed by atoms with van der Waals surface area (Å²) in [5, 5.41) is 7.15. The first kappa shape index (κ1) is 23.8. The van der Waals surface area contributed by atoms with E-state index in [4.69, 9.17) is 0 Å². The predicted octanol–water partition coefficient (Wildman–Crippen LogP) is 1.58. The molecule has 0 amide bonds. The molecular weight excluding hydrogens is 897 g/mol. The third kappa shape index (κ3) is 9.32. The molecule has 0 bridgehead atoms. The minimum atomic E-state index is 0. The van der Waals surface area contributed by atoms with Crippen LogP contribution in [0.5, 0.6) is 0 Å². The van der Waals surface area contributed by atoms with Crippen LogP contribution in [0.2, 0.25) is 0 Å². The average Bonchev–Trinajstić information content (AvgIpc) is 2.21. The Morgan fingerprint density at radius 3 is 2.12 bits per heavy atom. The van der Waals surface area contributed by atoms with Gasteiger partial charge in [0.2, 0.25) is 0 Å². The molecule has 1 aliphatic rings. The SMILES string of the molecule is [W].[W].[W].[W].[c-]1nn[c-]c(CC2CCCCC2)n1. The first-order chi connectivity index (χ1) is 6.45. The Morgan fingerprint density at radius 2 is 1.59 bits per heavy atom. The molecule has 1 aliphatic carbocycles. The van der Waals surface area contributed by atoms with Crippen LogP contribution in [0, 0.1) is 18.4 Å². The van der Waals surface area contributed by atoms with E-state index in [2.05, 4.69) is 27.7 Å². The van der Waals surface area contributed by atoms with Crippen LogP contribution in [0.4, 0.5) is 0 Å². The van der Waals surface area contributed by atoms with Crippen LogP contribution in [0.1, 0.15) is 37.8 Å². The van der Waals surface area contributed by atoms with Crippen LogP contribution < -0.4 is 0 Å². The molecule has 0 saturated heterocycles. The van der Waals surface area contributed by atoms with Gasteiger partial charge in [-0.2, -0.15) is 0 Å². The van der Waals surface area contributed by atoms with Gasteiger partial charge in [-0.25, -0.2) is 0 Å². The fraction of sp³-hybridized carbons (Fsp3) is 0.700. The number of hydrogen-bond acceptors (Lipinski definition) is 3. The van der Waals surface area contributed by atoms with Crippen molar-refractivity contribution < 1.29 is 84.3 Å². The van der Waals surface area contributed by atoms with Crippen molar-refractivity contribution in [3.05, 3.63) is 18.2 Å². The normalized spacial score (nSPS) is 14.4. The van der Waals surface area contributed by atoms with E-state index in [-0.39, 0.29) is 84.3 Å². The molecule has 1 aromatic heterocycles. The molecule has 1 saturated carbocycles. The summed E-state index contributed by atoms with van der Waals surface area (Å²) in [7, 11) is 0. The zero-order valence-electron chi connectivity index (χ0n) is 9.29. The van der Waals surface area contributed by atoms with Gasteiger partial charge in [-0.1, -0.05) is 38.0 Å². The zero-order valence-corrected chi connectivity index (χ0v) is 21.0. The van der Waals surface area contributed by atoms with Crippen molar-refractivity contribution in [1.82, 2.24) is 15.2 Å². The van der Waals surface area contributed by atoms with Crippen LogP contribution >= 0.6 is 0 Å². The number of rotatable bonds is 2. The van der Waals surface area contributed by atoms with Crippen molar-refractivity contribution in [2.75, 3.05) is 0 Å². The molecule has 0 aliphatic heterocycles. The molecule has 1 aromatic rings. The second-order valence-corrected chi connectivity index (χ2v) is 3.68. The van der Waals surface area contributed by atoms with Gasteiger partial charge in [-0.05, 0) is 6.33 Å². The van der Waals surface area contributed by atoms with Gasteiger partial charge in [-0.3, -0.25) is 10.8 Å². The monoisotopic (exact) mass is 911 g/mol. The summed E-state index contributed by atoms with van der Waals surface area (Å²) in [5.74, 6) is 0.787. The standard InChI is InChI=1S/C10H13N3.4W/c1-2-4-9(5-3-1)6-10-7-12-13-8-11-10;;;;/h9H,1-6H2;;;;/q-2;;;;. The first-order valence-electron chi connectivity index (χ1n) is 4.92. The predicted molar refractivity (Wildman–Crippen MR) is 47.8 cm³/mol. The summed E-state index contributed by atoms with van der Waals surface area (Å²) in [4.78, 5) is 4.02. The van der Waals surface area contributed by atoms with Gasteiger partial charge in [0.1, 0.15) is 0 Å². The van der Waals surface area contributed by atoms with E-state index in [1.807, 2.05) is 0 Å². The zero-order chi connectivity index (χ0) is 8.93. The minimum absolute atomic E-state index is 0. The molecule has 1 heterocycles. The molecule has 0 spiro atoms. The summed E-state index contributed by atoms with van der Waals surface area (Å²) in [6, 6.07) is 0. The molecule has 94 valence electrons. The maximum Gasteiger partial charge on any atom is 0 e. The van der Waals surface area contributed by atoms with Crippen molar-refractivity contribution in [2.24, 2.45) is 5.92 Å². The van der Waals surface area contributed by atoms with Gasteiger partial charge in [-0.15, -0.1) is 6.42 Å². The van der Waals surface area contributed by atoms with Gasteiger partial charge in [0.05, 0.1) is 0 Å². The summed E-state index contributed by atoms with van der Waals surface area (Å²) in [5.41, 5.74) is 0.918. The Bertz CT molecular complexity index is 255. The average molecular weight is 911 g/mol. The molecule has 0 N–H and O–H groups in total. The molecule has 0 aromatic carbocycles. The van der Waals surface area contributed by atoms with Gasteiger partial charge >= 0.3 is 0 Å². The van der Waals surface area contributed by atoms with Gasteiger partial charge in [0, 0.05) is 84.3 Å². The molecular formula is C10H13N3W4-2.